The zero-order valence-electron chi connectivity index (χ0n) is 11.2. The summed E-state index contributed by atoms with van der Waals surface area (Å²) in [4.78, 5) is 14.1. The molecule has 1 aliphatic rings. The summed E-state index contributed by atoms with van der Waals surface area (Å²) in [7, 11) is 0. The van der Waals surface area contributed by atoms with Crippen molar-refractivity contribution in [3.63, 3.8) is 0 Å². The van der Waals surface area contributed by atoms with Gasteiger partial charge in [0.15, 0.2) is 0 Å². The van der Waals surface area contributed by atoms with Gasteiger partial charge in [-0.25, -0.2) is 0 Å². The van der Waals surface area contributed by atoms with E-state index in [1.807, 2.05) is 0 Å². The first-order chi connectivity index (χ1) is 9.04. The summed E-state index contributed by atoms with van der Waals surface area (Å²) in [6, 6.07) is 5.09. The molecule has 0 spiro atoms. The molecule has 0 aliphatic carbocycles. The van der Waals surface area contributed by atoms with E-state index in [4.69, 9.17) is 17.3 Å². The van der Waals surface area contributed by atoms with Crippen LogP contribution in [0, 0.1) is 5.92 Å². The van der Waals surface area contributed by atoms with Gasteiger partial charge < -0.3 is 11.1 Å². The normalized spacial score (nSPS) is 17.4. The van der Waals surface area contributed by atoms with Gasteiger partial charge >= 0.3 is 0 Å². The Morgan fingerprint density at radius 1 is 1.47 bits per heavy atom. The van der Waals surface area contributed by atoms with Crippen molar-refractivity contribution < 1.29 is 4.79 Å². The van der Waals surface area contributed by atoms with Gasteiger partial charge in [0.25, 0.3) is 0 Å². The molecule has 0 unspecified atom stereocenters. The van der Waals surface area contributed by atoms with Crippen molar-refractivity contribution in [2.24, 2.45) is 5.92 Å². The zero-order chi connectivity index (χ0) is 13.8. The van der Waals surface area contributed by atoms with Crippen LogP contribution in [0.15, 0.2) is 18.2 Å². The van der Waals surface area contributed by atoms with E-state index in [1.165, 1.54) is 0 Å². The topological polar surface area (TPSA) is 58.4 Å². The van der Waals surface area contributed by atoms with Crippen molar-refractivity contribution in [3.05, 3.63) is 23.2 Å². The molecule has 0 aromatic heterocycles. The minimum absolute atomic E-state index is 0.0245. The Hall–Kier alpha value is -1.26. The van der Waals surface area contributed by atoms with Crippen molar-refractivity contribution in [2.75, 3.05) is 30.7 Å². The van der Waals surface area contributed by atoms with Gasteiger partial charge in [-0.05, 0) is 50.0 Å². The Kier molecular flexibility index (Phi) is 4.66. The molecule has 1 heterocycles. The number of nitrogen functional groups attached to an aromatic ring is 1. The van der Waals surface area contributed by atoms with E-state index in [1.54, 1.807) is 18.2 Å². The maximum atomic E-state index is 12.0. The standard InChI is InChI=1S/C14H20ClN3O/c1-10-4-6-18(7-5-10)9-14(19)17-13-3-2-11(15)8-12(13)16/h2-3,8,10H,4-7,9,16H2,1H3,(H,17,19). The number of halogens is 1. The summed E-state index contributed by atoms with van der Waals surface area (Å²) in [5.41, 5.74) is 6.93. The third-order valence-corrected chi connectivity index (χ3v) is 3.77. The molecule has 0 saturated carbocycles. The van der Waals surface area contributed by atoms with Crippen LogP contribution < -0.4 is 11.1 Å². The maximum Gasteiger partial charge on any atom is 0.238 e. The SMILES string of the molecule is CC1CCN(CC(=O)Nc2ccc(Cl)cc2N)CC1. The van der Waals surface area contributed by atoms with Crippen LogP contribution in [0.2, 0.25) is 5.02 Å². The highest BCUT2D eigenvalue weighted by Gasteiger charge is 2.18. The average molecular weight is 282 g/mol. The monoisotopic (exact) mass is 281 g/mol. The van der Waals surface area contributed by atoms with Crippen molar-refractivity contribution in [3.8, 4) is 0 Å². The predicted octanol–water partition coefficient (Wildman–Crippen LogP) is 2.59. The number of nitrogens with two attached hydrogens (primary N) is 1. The number of hydrogen-bond donors (Lipinski definition) is 2. The quantitative estimate of drug-likeness (QED) is 0.837. The van der Waals surface area contributed by atoms with Gasteiger partial charge in [-0.3, -0.25) is 9.69 Å². The van der Waals surface area contributed by atoms with Crippen molar-refractivity contribution in [2.45, 2.75) is 19.8 Å². The second-order valence-electron chi connectivity index (χ2n) is 5.24. The molecule has 1 aliphatic heterocycles. The molecule has 1 saturated heterocycles. The Labute approximate surface area is 118 Å². The van der Waals surface area contributed by atoms with E-state index < -0.39 is 0 Å². The Balaban J connectivity index is 1.87. The largest absolute Gasteiger partial charge is 0.397 e. The summed E-state index contributed by atoms with van der Waals surface area (Å²) in [5, 5.41) is 3.40. The molecule has 3 N–H and O–H groups in total. The fourth-order valence-corrected chi connectivity index (χ4v) is 2.44. The summed E-state index contributed by atoms with van der Waals surface area (Å²) in [6.45, 7) is 4.66. The minimum atomic E-state index is -0.0245. The number of piperidine rings is 1. The van der Waals surface area contributed by atoms with Crippen LogP contribution in [0.4, 0.5) is 11.4 Å². The van der Waals surface area contributed by atoms with Crippen molar-refractivity contribution in [1.82, 2.24) is 4.90 Å². The number of benzene rings is 1. The Morgan fingerprint density at radius 3 is 2.79 bits per heavy atom. The van der Waals surface area contributed by atoms with Crippen LogP contribution in [0.3, 0.4) is 0 Å². The van der Waals surface area contributed by atoms with Gasteiger partial charge in [-0.15, -0.1) is 0 Å². The van der Waals surface area contributed by atoms with Crippen LogP contribution in [0.1, 0.15) is 19.8 Å². The summed E-state index contributed by atoms with van der Waals surface area (Å²) < 4.78 is 0. The number of carbonyl (C=O) groups is 1. The highest BCUT2D eigenvalue weighted by atomic mass is 35.5. The summed E-state index contributed by atoms with van der Waals surface area (Å²) >= 11 is 5.82. The van der Waals surface area contributed by atoms with E-state index in [9.17, 15) is 4.79 Å². The van der Waals surface area contributed by atoms with E-state index in [2.05, 4.69) is 17.1 Å². The molecule has 19 heavy (non-hydrogen) atoms. The summed E-state index contributed by atoms with van der Waals surface area (Å²) in [6.07, 6.45) is 2.33. The second kappa shape index (κ2) is 6.26. The molecule has 0 bridgehead atoms. The fourth-order valence-electron chi connectivity index (χ4n) is 2.26. The molecule has 0 atom stereocenters. The number of anilines is 2. The van der Waals surface area contributed by atoms with E-state index in [-0.39, 0.29) is 5.91 Å². The Morgan fingerprint density at radius 2 is 2.16 bits per heavy atom. The predicted molar refractivity (Wildman–Crippen MR) is 79.3 cm³/mol. The van der Waals surface area contributed by atoms with Crippen LogP contribution >= 0.6 is 11.6 Å². The number of likely N-dealkylation sites (tertiary alicyclic amines) is 1. The highest BCUT2D eigenvalue weighted by molar-refractivity contribution is 6.31. The molecule has 1 aromatic rings. The van der Waals surface area contributed by atoms with Gasteiger partial charge in [0.2, 0.25) is 5.91 Å². The van der Waals surface area contributed by atoms with E-state index in [0.717, 1.165) is 31.8 Å². The van der Waals surface area contributed by atoms with Gasteiger partial charge in [0.05, 0.1) is 17.9 Å². The molecular formula is C14H20ClN3O. The fraction of sp³-hybridized carbons (Fsp3) is 0.500. The van der Waals surface area contributed by atoms with Crippen LogP contribution in [-0.2, 0) is 4.79 Å². The minimum Gasteiger partial charge on any atom is -0.397 e. The third-order valence-electron chi connectivity index (χ3n) is 3.53. The van der Waals surface area contributed by atoms with Gasteiger partial charge in [0.1, 0.15) is 0 Å². The van der Waals surface area contributed by atoms with Crippen LogP contribution in [-0.4, -0.2) is 30.4 Å². The molecule has 5 heteroatoms. The number of nitrogens with one attached hydrogen (secondary N) is 1. The maximum absolute atomic E-state index is 12.0. The molecule has 1 fully saturated rings. The molecule has 1 aromatic carbocycles. The second-order valence-corrected chi connectivity index (χ2v) is 5.67. The van der Waals surface area contributed by atoms with E-state index >= 15 is 0 Å². The average Bonchev–Trinajstić information content (AvgIpc) is 2.36. The zero-order valence-corrected chi connectivity index (χ0v) is 11.9. The molecular weight excluding hydrogens is 262 g/mol. The Bertz CT molecular complexity index is 456. The number of rotatable bonds is 3. The summed E-state index contributed by atoms with van der Waals surface area (Å²) in [5.74, 6) is 0.745. The van der Waals surface area contributed by atoms with Crippen LogP contribution in [0.5, 0.6) is 0 Å². The van der Waals surface area contributed by atoms with Gasteiger partial charge in [0, 0.05) is 5.02 Å². The smallest absolute Gasteiger partial charge is 0.238 e. The van der Waals surface area contributed by atoms with Crippen molar-refractivity contribution >= 4 is 28.9 Å². The lowest BCUT2D eigenvalue weighted by molar-refractivity contribution is -0.117. The van der Waals surface area contributed by atoms with Crippen LogP contribution in [0.25, 0.3) is 0 Å². The number of carbonyl (C=O) groups excluding carboxylic acids is 1. The van der Waals surface area contributed by atoms with Gasteiger partial charge in [-0.2, -0.15) is 0 Å². The lowest BCUT2D eigenvalue weighted by atomic mass is 9.99. The van der Waals surface area contributed by atoms with Crippen molar-refractivity contribution in [1.29, 1.82) is 0 Å². The number of nitrogens with zero attached hydrogens (tertiary/aromatic N) is 1. The molecule has 2 rings (SSSR count). The lowest BCUT2D eigenvalue weighted by Gasteiger charge is -2.29. The lowest BCUT2D eigenvalue weighted by Crippen LogP contribution is -2.38. The first-order valence-corrected chi connectivity index (χ1v) is 6.99. The molecule has 4 nitrogen and oxygen atoms in total. The van der Waals surface area contributed by atoms with Gasteiger partial charge in [-0.1, -0.05) is 18.5 Å². The molecule has 0 radical (unpaired) electrons. The molecule has 104 valence electrons. The number of amides is 1. The molecule has 1 amide bonds. The highest BCUT2D eigenvalue weighted by Crippen LogP contribution is 2.22. The third kappa shape index (κ3) is 4.11. The first-order valence-electron chi connectivity index (χ1n) is 6.62. The number of hydrogen-bond acceptors (Lipinski definition) is 3. The first kappa shape index (κ1) is 14.2. The van der Waals surface area contributed by atoms with E-state index in [0.29, 0.717) is 22.9 Å².